The monoisotopic (exact) mass is 336 g/mol. The maximum absolute atomic E-state index is 10.9. The third-order valence-corrected chi connectivity index (χ3v) is 5.84. The summed E-state index contributed by atoms with van der Waals surface area (Å²) in [7, 11) is 0. The average Bonchev–Trinajstić information content (AvgIpc) is 2.96. The molecule has 3 nitrogen and oxygen atoms in total. The lowest BCUT2D eigenvalue weighted by Crippen LogP contribution is -2.27. The first kappa shape index (κ1) is 16.6. The first-order chi connectivity index (χ1) is 12.3. The Morgan fingerprint density at radius 2 is 1.92 bits per heavy atom. The Balaban J connectivity index is 1.77. The average molecular weight is 336 g/mol. The number of aliphatic hydroxyl groups is 1. The van der Waals surface area contributed by atoms with Crippen molar-refractivity contribution in [2.24, 2.45) is 5.92 Å². The van der Waals surface area contributed by atoms with Gasteiger partial charge >= 0.3 is 0 Å². The minimum Gasteiger partial charge on any atom is -0.391 e. The predicted molar refractivity (Wildman–Crippen MR) is 104 cm³/mol. The molecule has 2 heterocycles. The maximum atomic E-state index is 10.9. The van der Waals surface area contributed by atoms with Gasteiger partial charge in [-0.25, -0.2) is 0 Å². The number of pyridine rings is 1. The van der Waals surface area contributed by atoms with E-state index in [1.807, 2.05) is 12.4 Å². The second-order valence-electron chi connectivity index (χ2n) is 7.57. The fourth-order valence-corrected chi connectivity index (χ4v) is 4.48. The zero-order valence-corrected chi connectivity index (χ0v) is 15.1. The number of fused-ring (bicyclic) bond motifs is 3. The van der Waals surface area contributed by atoms with E-state index in [2.05, 4.69) is 40.7 Å². The summed E-state index contributed by atoms with van der Waals surface area (Å²) < 4.78 is 2.30. The number of aliphatic hydroxyl groups excluding tert-OH is 1. The van der Waals surface area contributed by atoms with Crippen LogP contribution in [0.3, 0.4) is 0 Å². The zero-order valence-electron chi connectivity index (χ0n) is 15.1. The number of hydrogen-bond acceptors (Lipinski definition) is 2. The van der Waals surface area contributed by atoms with Crippen molar-refractivity contribution in [2.75, 3.05) is 0 Å². The fraction of sp³-hybridized carbons (Fsp3) is 0.500. The van der Waals surface area contributed by atoms with Crippen molar-refractivity contribution >= 4 is 21.8 Å². The van der Waals surface area contributed by atoms with Crippen molar-refractivity contribution in [1.82, 2.24) is 9.55 Å². The Bertz CT molecular complexity index is 861. The molecule has 0 spiro atoms. The first-order valence-electron chi connectivity index (χ1n) is 9.81. The number of rotatable bonds is 5. The highest BCUT2D eigenvalue weighted by atomic mass is 16.3. The largest absolute Gasteiger partial charge is 0.391 e. The molecule has 132 valence electrons. The Morgan fingerprint density at radius 1 is 1.12 bits per heavy atom. The van der Waals surface area contributed by atoms with Crippen molar-refractivity contribution in [3.05, 3.63) is 42.2 Å². The SMILES string of the molecule is CCCc1ccc2c3ccncc3n(CC(O)C3CCCCC3)c2c1. The molecule has 0 amide bonds. The summed E-state index contributed by atoms with van der Waals surface area (Å²) in [5.41, 5.74) is 3.75. The van der Waals surface area contributed by atoms with Gasteiger partial charge in [-0.05, 0) is 42.9 Å². The van der Waals surface area contributed by atoms with E-state index in [1.54, 1.807) is 0 Å². The fourth-order valence-electron chi connectivity index (χ4n) is 4.48. The van der Waals surface area contributed by atoms with Crippen LogP contribution in [0.2, 0.25) is 0 Å². The Labute approximate surface area is 149 Å². The second-order valence-corrected chi connectivity index (χ2v) is 7.57. The van der Waals surface area contributed by atoms with Crippen LogP contribution in [0, 0.1) is 5.92 Å². The zero-order chi connectivity index (χ0) is 17.2. The van der Waals surface area contributed by atoms with Gasteiger partial charge in [-0.1, -0.05) is 44.7 Å². The summed E-state index contributed by atoms with van der Waals surface area (Å²) in [5.74, 6) is 0.441. The van der Waals surface area contributed by atoms with Crippen molar-refractivity contribution in [2.45, 2.75) is 64.5 Å². The van der Waals surface area contributed by atoms with E-state index in [4.69, 9.17) is 0 Å². The molecule has 3 aromatic rings. The molecule has 0 radical (unpaired) electrons. The molecule has 3 heteroatoms. The third kappa shape index (κ3) is 3.18. The van der Waals surface area contributed by atoms with E-state index >= 15 is 0 Å². The van der Waals surface area contributed by atoms with Gasteiger partial charge in [0.05, 0.1) is 17.8 Å². The highest BCUT2D eigenvalue weighted by molar-refractivity contribution is 6.07. The minimum absolute atomic E-state index is 0.269. The van der Waals surface area contributed by atoms with E-state index in [-0.39, 0.29) is 6.10 Å². The lowest BCUT2D eigenvalue weighted by atomic mass is 9.85. The smallest absolute Gasteiger partial charge is 0.0747 e. The molecule has 0 saturated heterocycles. The first-order valence-corrected chi connectivity index (χ1v) is 9.81. The van der Waals surface area contributed by atoms with E-state index in [1.165, 1.54) is 41.1 Å². The van der Waals surface area contributed by atoms with Crippen LogP contribution >= 0.6 is 0 Å². The van der Waals surface area contributed by atoms with Crippen LogP contribution in [-0.4, -0.2) is 20.8 Å². The number of nitrogens with zero attached hydrogens (tertiary/aromatic N) is 2. The highest BCUT2D eigenvalue weighted by Crippen LogP contribution is 2.32. The highest BCUT2D eigenvalue weighted by Gasteiger charge is 2.23. The lowest BCUT2D eigenvalue weighted by Gasteiger charge is -2.27. The summed E-state index contributed by atoms with van der Waals surface area (Å²) in [4.78, 5) is 4.34. The van der Waals surface area contributed by atoms with Crippen LogP contribution in [0.25, 0.3) is 21.8 Å². The molecule has 4 rings (SSSR count). The second kappa shape index (κ2) is 7.17. The molecule has 0 aliphatic heterocycles. The van der Waals surface area contributed by atoms with E-state index in [9.17, 15) is 5.11 Å². The van der Waals surface area contributed by atoms with Crippen molar-refractivity contribution in [1.29, 1.82) is 0 Å². The summed E-state index contributed by atoms with van der Waals surface area (Å²) in [6.07, 6.45) is 12.0. The molecule has 1 aliphatic rings. The number of aromatic nitrogens is 2. The van der Waals surface area contributed by atoms with E-state index in [0.29, 0.717) is 12.5 Å². The van der Waals surface area contributed by atoms with Gasteiger partial charge in [0.1, 0.15) is 0 Å². The number of aryl methyl sites for hydroxylation is 1. The van der Waals surface area contributed by atoms with Gasteiger partial charge in [-0.3, -0.25) is 4.98 Å². The van der Waals surface area contributed by atoms with Gasteiger partial charge in [0.2, 0.25) is 0 Å². The minimum atomic E-state index is -0.269. The number of benzene rings is 1. The van der Waals surface area contributed by atoms with Gasteiger partial charge in [0.25, 0.3) is 0 Å². The molecule has 1 unspecified atom stereocenters. The standard InChI is InChI=1S/C22H28N2O/c1-2-6-16-9-10-18-19-11-12-23-14-21(19)24(20(18)13-16)15-22(25)17-7-4-3-5-8-17/h9-14,17,22,25H,2-8,15H2,1H3. The summed E-state index contributed by atoms with van der Waals surface area (Å²) in [6.45, 7) is 2.89. The van der Waals surface area contributed by atoms with Gasteiger partial charge in [0.15, 0.2) is 0 Å². The molecule has 1 aliphatic carbocycles. The molecule has 0 bridgehead atoms. The molecular weight excluding hydrogens is 308 g/mol. The molecule has 1 saturated carbocycles. The van der Waals surface area contributed by atoms with Gasteiger partial charge in [-0.2, -0.15) is 0 Å². The van der Waals surface area contributed by atoms with Crippen LogP contribution < -0.4 is 0 Å². The molecule has 1 aromatic carbocycles. The van der Waals surface area contributed by atoms with Crippen molar-refractivity contribution in [3.8, 4) is 0 Å². The molecule has 1 N–H and O–H groups in total. The third-order valence-electron chi connectivity index (χ3n) is 5.84. The van der Waals surface area contributed by atoms with E-state index < -0.39 is 0 Å². The number of hydrogen-bond donors (Lipinski definition) is 1. The Kier molecular flexibility index (Phi) is 4.76. The predicted octanol–water partition coefficient (Wildman–Crippen LogP) is 5.08. The summed E-state index contributed by atoms with van der Waals surface area (Å²) in [6, 6.07) is 8.90. The van der Waals surface area contributed by atoms with Crippen LogP contribution in [0.4, 0.5) is 0 Å². The van der Waals surface area contributed by atoms with Gasteiger partial charge in [-0.15, -0.1) is 0 Å². The summed E-state index contributed by atoms with van der Waals surface area (Å²) >= 11 is 0. The van der Waals surface area contributed by atoms with E-state index in [0.717, 1.165) is 31.2 Å². The Morgan fingerprint density at radius 3 is 2.72 bits per heavy atom. The van der Waals surface area contributed by atoms with Crippen LogP contribution in [0.1, 0.15) is 51.0 Å². The van der Waals surface area contributed by atoms with Crippen LogP contribution in [0.5, 0.6) is 0 Å². The lowest BCUT2D eigenvalue weighted by molar-refractivity contribution is 0.0716. The van der Waals surface area contributed by atoms with Crippen LogP contribution in [-0.2, 0) is 13.0 Å². The molecule has 2 aromatic heterocycles. The van der Waals surface area contributed by atoms with Crippen molar-refractivity contribution in [3.63, 3.8) is 0 Å². The van der Waals surface area contributed by atoms with Gasteiger partial charge < -0.3 is 9.67 Å². The molecule has 1 fully saturated rings. The normalized spacial score (nSPS) is 17.4. The maximum Gasteiger partial charge on any atom is 0.0747 e. The van der Waals surface area contributed by atoms with Crippen LogP contribution in [0.15, 0.2) is 36.7 Å². The topological polar surface area (TPSA) is 38.0 Å². The quantitative estimate of drug-likeness (QED) is 0.705. The summed E-state index contributed by atoms with van der Waals surface area (Å²) in [5, 5.41) is 13.4. The van der Waals surface area contributed by atoms with Crippen molar-refractivity contribution < 1.29 is 5.11 Å². The Hall–Kier alpha value is -1.87. The molecule has 1 atom stereocenters. The molecular formula is C22H28N2O. The molecule has 25 heavy (non-hydrogen) atoms. The van der Waals surface area contributed by atoms with Gasteiger partial charge in [0, 0.05) is 29.0 Å².